The van der Waals surface area contributed by atoms with Crippen LogP contribution in [0.25, 0.3) is 0 Å². The molecular weight excluding hydrogens is 250 g/mol. The molecule has 1 aliphatic heterocycles. The van der Waals surface area contributed by atoms with E-state index in [-0.39, 0.29) is 23.4 Å². The molecule has 0 aromatic heterocycles. The van der Waals surface area contributed by atoms with Crippen LogP contribution in [0.3, 0.4) is 0 Å². The summed E-state index contributed by atoms with van der Waals surface area (Å²) >= 11 is 0. The number of fused-ring (bicyclic) bond motifs is 1. The maximum Gasteiger partial charge on any atom is 0.241 e. The van der Waals surface area contributed by atoms with Crippen LogP contribution < -0.4 is 5.73 Å². The number of nitrogens with two attached hydrogens (primary N) is 1. The van der Waals surface area contributed by atoms with Crippen LogP contribution in [-0.4, -0.2) is 28.9 Å². The van der Waals surface area contributed by atoms with E-state index in [9.17, 15) is 10.1 Å². The quantitative estimate of drug-likeness (QED) is 0.799. The predicted molar refractivity (Wildman–Crippen MR) is 76.4 cm³/mol. The first kappa shape index (κ1) is 13.6. The van der Waals surface area contributed by atoms with Gasteiger partial charge in [-0.2, -0.15) is 5.26 Å². The van der Waals surface area contributed by atoms with E-state index in [2.05, 4.69) is 12.6 Å². The summed E-state index contributed by atoms with van der Waals surface area (Å²) in [5.74, 6) is 0.520. The second-order valence-corrected chi connectivity index (χ2v) is 6.81. The highest BCUT2D eigenvalue weighted by atomic mass is 16.2. The normalized spacial score (nSPS) is 35.2. The number of nitriles is 1. The van der Waals surface area contributed by atoms with Crippen molar-refractivity contribution in [3.63, 3.8) is 0 Å². The summed E-state index contributed by atoms with van der Waals surface area (Å²) < 4.78 is 0. The summed E-state index contributed by atoms with van der Waals surface area (Å²) in [6, 6.07) is 1.76. The van der Waals surface area contributed by atoms with Crippen molar-refractivity contribution >= 4 is 5.91 Å². The maximum atomic E-state index is 12.9. The predicted octanol–water partition coefficient (Wildman–Crippen LogP) is 1.96. The van der Waals surface area contributed by atoms with Gasteiger partial charge in [0.15, 0.2) is 0 Å². The Bertz CT molecular complexity index is 486. The molecule has 3 rings (SSSR count). The van der Waals surface area contributed by atoms with Gasteiger partial charge in [0.1, 0.15) is 6.04 Å². The molecule has 4 nitrogen and oxygen atoms in total. The number of amides is 1. The first-order valence-corrected chi connectivity index (χ1v) is 7.64. The SMILES string of the molecule is C=C(C)C1(C(N)C(=O)N2[C@H](C#N)C[C@@H]3C[C@@H]32)CCCC1. The molecule has 1 unspecified atom stereocenters. The second kappa shape index (κ2) is 4.60. The fraction of sp³-hybridized carbons (Fsp3) is 0.750. The monoisotopic (exact) mass is 273 g/mol. The van der Waals surface area contributed by atoms with Gasteiger partial charge < -0.3 is 10.6 Å². The molecule has 20 heavy (non-hydrogen) atoms. The number of piperidine rings is 1. The van der Waals surface area contributed by atoms with E-state index in [0.717, 1.165) is 44.1 Å². The number of nitrogens with zero attached hydrogens (tertiary/aromatic N) is 2. The van der Waals surface area contributed by atoms with Gasteiger partial charge in [0, 0.05) is 11.5 Å². The lowest BCUT2D eigenvalue weighted by molar-refractivity contribution is -0.136. The zero-order valence-corrected chi connectivity index (χ0v) is 12.1. The third kappa shape index (κ3) is 1.80. The molecule has 2 saturated carbocycles. The zero-order chi connectivity index (χ0) is 14.5. The molecule has 1 amide bonds. The molecule has 3 fully saturated rings. The number of carbonyl (C=O) groups is 1. The fourth-order valence-electron chi connectivity index (χ4n) is 4.30. The van der Waals surface area contributed by atoms with E-state index in [0.29, 0.717) is 5.92 Å². The van der Waals surface area contributed by atoms with Gasteiger partial charge in [-0.3, -0.25) is 4.79 Å². The van der Waals surface area contributed by atoms with Gasteiger partial charge in [-0.15, -0.1) is 0 Å². The van der Waals surface area contributed by atoms with E-state index in [4.69, 9.17) is 5.73 Å². The molecule has 108 valence electrons. The standard InChI is InChI=1S/C16H23N3O/c1-10(2)16(5-3-4-6-16)14(18)15(20)19-12(9-17)7-11-8-13(11)19/h11-14H,1,3-8,18H2,2H3/t11-,12+,13+,14?/m1/s1. The molecule has 0 aromatic carbocycles. The molecule has 2 N–H and O–H groups in total. The van der Waals surface area contributed by atoms with Crippen molar-refractivity contribution in [1.29, 1.82) is 5.26 Å². The highest BCUT2D eigenvalue weighted by Gasteiger charge is 2.56. The Morgan fingerprint density at radius 3 is 2.65 bits per heavy atom. The molecule has 3 aliphatic rings. The summed E-state index contributed by atoms with van der Waals surface area (Å²) in [6.07, 6.45) is 6.02. The van der Waals surface area contributed by atoms with Crippen LogP contribution in [0.4, 0.5) is 0 Å². The van der Waals surface area contributed by atoms with Crippen LogP contribution in [0.2, 0.25) is 0 Å². The highest BCUT2D eigenvalue weighted by Crippen LogP contribution is 2.50. The van der Waals surface area contributed by atoms with Gasteiger partial charge in [0.05, 0.1) is 12.1 Å². The molecule has 0 spiro atoms. The van der Waals surface area contributed by atoms with Crippen LogP contribution in [0, 0.1) is 22.7 Å². The molecule has 0 radical (unpaired) electrons. The van der Waals surface area contributed by atoms with Crippen molar-refractivity contribution in [3.8, 4) is 6.07 Å². The Morgan fingerprint density at radius 1 is 1.45 bits per heavy atom. The summed E-state index contributed by atoms with van der Waals surface area (Å²) in [7, 11) is 0. The van der Waals surface area contributed by atoms with Gasteiger partial charge in [0.2, 0.25) is 5.91 Å². The number of rotatable bonds is 3. The highest BCUT2D eigenvalue weighted by molar-refractivity contribution is 5.85. The summed E-state index contributed by atoms with van der Waals surface area (Å²) in [5.41, 5.74) is 7.15. The molecule has 0 aromatic rings. The molecule has 1 heterocycles. The van der Waals surface area contributed by atoms with Gasteiger partial charge in [0.25, 0.3) is 0 Å². The van der Waals surface area contributed by atoms with E-state index < -0.39 is 6.04 Å². The van der Waals surface area contributed by atoms with Gasteiger partial charge in [-0.1, -0.05) is 25.0 Å². The van der Waals surface area contributed by atoms with Crippen LogP contribution in [0.15, 0.2) is 12.2 Å². The molecule has 4 atom stereocenters. The van der Waals surface area contributed by atoms with Crippen LogP contribution in [-0.2, 0) is 4.79 Å². The van der Waals surface area contributed by atoms with Crippen LogP contribution >= 0.6 is 0 Å². The minimum atomic E-state index is -0.530. The van der Waals surface area contributed by atoms with Crippen molar-refractivity contribution in [2.24, 2.45) is 17.1 Å². The minimum Gasteiger partial charge on any atom is -0.322 e. The lowest BCUT2D eigenvalue weighted by Crippen LogP contribution is -2.54. The Balaban J connectivity index is 1.83. The van der Waals surface area contributed by atoms with E-state index in [1.54, 1.807) is 4.90 Å². The molecule has 4 heteroatoms. The van der Waals surface area contributed by atoms with Crippen molar-refractivity contribution in [1.82, 2.24) is 4.90 Å². The van der Waals surface area contributed by atoms with E-state index in [1.807, 2.05) is 6.92 Å². The Morgan fingerprint density at radius 2 is 2.10 bits per heavy atom. The number of hydrogen-bond donors (Lipinski definition) is 1. The average Bonchev–Trinajstić information content (AvgIpc) is 2.91. The number of hydrogen-bond acceptors (Lipinski definition) is 3. The van der Waals surface area contributed by atoms with Crippen LogP contribution in [0.5, 0.6) is 0 Å². The first-order chi connectivity index (χ1) is 9.51. The van der Waals surface area contributed by atoms with E-state index >= 15 is 0 Å². The Kier molecular flexibility index (Phi) is 3.13. The van der Waals surface area contributed by atoms with Crippen molar-refractivity contribution < 1.29 is 4.79 Å². The van der Waals surface area contributed by atoms with Crippen molar-refractivity contribution in [3.05, 3.63) is 12.2 Å². The smallest absolute Gasteiger partial charge is 0.241 e. The van der Waals surface area contributed by atoms with Gasteiger partial charge >= 0.3 is 0 Å². The van der Waals surface area contributed by atoms with E-state index in [1.165, 1.54) is 0 Å². The Labute approximate surface area is 120 Å². The topological polar surface area (TPSA) is 70.1 Å². The lowest BCUT2D eigenvalue weighted by Gasteiger charge is -2.38. The van der Waals surface area contributed by atoms with Crippen molar-refractivity contribution in [2.75, 3.05) is 0 Å². The number of carbonyl (C=O) groups excluding carboxylic acids is 1. The molecule has 0 bridgehead atoms. The van der Waals surface area contributed by atoms with Gasteiger partial charge in [-0.05, 0) is 38.5 Å². The number of likely N-dealkylation sites (tertiary alicyclic amines) is 1. The summed E-state index contributed by atoms with van der Waals surface area (Å²) in [5, 5.41) is 9.24. The largest absolute Gasteiger partial charge is 0.322 e. The molecular formula is C16H23N3O. The van der Waals surface area contributed by atoms with Crippen LogP contribution in [0.1, 0.15) is 45.4 Å². The third-order valence-corrected chi connectivity index (χ3v) is 5.71. The lowest BCUT2D eigenvalue weighted by atomic mass is 9.73. The summed E-state index contributed by atoms with van der Waals surface area (Å²) in [6.45, 7) is 6.08. The second-order valence-electron chi connectivity index (χ2n) is 6.81. The average molecular weight is 273 g/mol. The van der Waals surface area contributed by atoms with Gasteiger partial charge in [-0.25, -0.2) is 0 Å². The molecule has 1 saturated heterocycles. The maximum absolute atomic E-state index is 12.9. The third-order valence-electron chi connectivity index (χ3n) is 5.71. The molecule has 2 aliphatic carbocycles. The summed E-state index contributed by atoms with van der Waals surface area (Å²) in [4.78, 5) is 14.6. The first-order valence-electron chi connectivity index (χ1n) is 7.64. The minimum absolute atomic E-state index is 0.0218. The fourth-order valence-corrected chi connectivity index (χ4v) is 4.30. The zero-order valence-electron chi connectivity index (χ0n) is 12.1. The van der Waals surface area contributed by atoms with Crippen molar-refractivity contribution in [2.45, 2.75) is 63.6 Å². The Hall–Kier alpha value is -1.34.